The lowest BCUT2D eigenvalue weighted by Crippen LogP contribution is -2.11. The molecule has 0 spiro atoms. The Morgan fingerprint density at radius 1 is 1.00 bits per heavy atom. The van der Waals surface area contributed by atoms with Crippen LogP contribution in [0, 0.1) is 5.82 Å². The van der Waals surface area contributed by atoms with E-state index >= 15 is 0 Å². The molecule has 4 heteroatoms. The van der Waals surface area contributed by atoms with Gasteiger partial charge in [-0.3, -0.25) is 4.79 Å². The second-order valence-electron chi connectivity index (χ2n) is 4.40. The summed E-state index contributed by atoms with van der Waals surface area (Å²) >= 11 is 0. The van der Waals surface area contributed by atoms with Gasteiger partial charge in [0.05, 0.1) is 6.42 Å². The van der Waals surface area contributed by atoms with Crippen molar-refractivity contribution in [2.75, 3.05) is 0 Å². The first-order valence-electron chi connectivity index (χ1n) is 6.36. The summed E-state index contributed by atoms with van der Waals surface area (Å²) in [6.45, 7) is 0.313. The van der Waals surface area contributed by atoms with E-state index in [1.165, 1.54) is 6.07 Å². The number of benzene rings is 2. The molecule has 0 heterocycles. The summed E-state index contributed by atoms with van der Waals surface area (Å²) < 4.78 is 18.5. The molecule has 2 aromatic rings. The molecule has 0 fully saturated rings. The molecule has 20 heavy (non-hydrogen) atoms. The minimum atomic E-state index is -0.394. The molecule has 0 aliphatic heterocycles. The van der Waals surface area contributed by atoms with Gasteiger partial charge in [0.2, 0.25) is 0 Å². The average molecular weight is 273 g/mol. The van der Waals surface area contributed by atoms with Crippen LogP contribution in [0.15, 0.2) is 48.5 Å². The largest absolute Gasteiger partial charge is 0.460 e. The maximum absolute atomic E-state index is 13.4. The number of carbonyl (C=O) groups is 1. The highest BCUT2D eigenvalue weighted by atomic mass is 19.1. The number of halogens is 1. The molecule has 3 nitrogen and oxygen atoms in total. The lowest BCUT2D eigenvalue weighted by molar-refractivity contribution is -0.144. The standard InChI is InChI=1S/C16H16FNO2/c17-15-8-4-3-7-14(15)11-20-16(19)9-12-5-1-2-6-13(12)10-18/h1-8H,9-11,18H2. The van der Waals surface area contributed by atoms with Crippen molar-refractivity contribution in [3.05, 3.63) is 71.0 Å². The van der Waals surface area contributed by atoms with E-state index in [0.29, 0.717) is 12.1 Å². The van der Waals surface area contributed by atoms with Gasteiger partial charge in [-0.25, -0.2) is 4.39 Å². The molecule has 0 bridgehead atoms. The minimum Gasteiger partial charge on any atom is -0.460 e. The number of hydrogen-bond donors (Lipinski definition) is 1. The van der Waals surface area contributed by atoms with Gasteiger partial charge in [-0.2, -0.15) is 0 Å². The van der Waals surface area contributed by atoms with Crippen molar-refractivity contribution in [3.63, 3.8) is 0 Å². The molecule has 0 aliphatic rings. The Labute approximate surface area is 117 Å². The molecule has 2 rings (SSSR count). The van der Waals surface area contributed by atoms with Gasteiger partial charge in [-0.1, -0.05) is 42.5 Å². The highest BCUT2D eigenvalue weighted by Crippen LogP contribution is 2.11. The summed E-state index contributed by atoms with van der Waals surface area (Å²) in [6, 6.07) is 13.7. The highest BCUT2D eigenvalue weighted by Gasteiger charge is 2.09. The predicted molar refractivity (Wildman–Crippen MR) is 74.2 cm³/mol. The van der Waals surface area contributed by atoms with E-state index in [1.807, 2.05) is 24.3 Å². The van der Waals surface area contributed by atoms with Crippen molar-refractivity contribution in [1.29, 1.82) is 0 Å². The molecular weight excluding hydrogens is 257 g/mol. The number of ether oxygens (including phenoxy) is 1. The van der Waals surface area contributed by atoms with E-state index < -0.39 is 5.97 Å². The quantitative estimate of drug-likeness (QED) is 0.852. The molecule has 0 aliphatic carbocycles. The fourth-order valence-corrected chi connectivity index (χ4v) is 1.91. The molecule has 0 unspecified atom stereocenters. The first kappa shape index (κ1) is 14.2. The number of nitrogens with two attached hydrogens (primary N) is 1. The smallest absolute Gasteiger partial charge is 0.310 e. The topological polar surface area (TPSA) is 52.3 Å². The van der Waals surface area contributed by atoms with Crippen LogP contribution in [0.25, 0.3) is 0 Å². The second kappa shape index (κ2) is 6.82. The van der Waals surface area contributed by atoms with Crippen LogP contribution in [-0.2, 0) is 29.1 Å². The van der Waals surface area contributed by atoms with Crippen LogP contribution in [0.1, 0.15) is 16.7 Å². The fraction of sp³-hybridized carbons (Fsp3) is 0.188. The van der Waals surface area contributed by atoms with Crippen LogP contribution in [-0.4, -0.2) is 5.97 Å². The van der Waals surface area contributed by atoms with E-state index in [4.69, 9.17) is 10.5 Å². The average Bonchev–Trinajstić information content (AvgIpc) is 2.47. The van der Waals surface area contributed by atoms with E-state index in [2.05, 4.69) is 0 Å². The van der Waals surface area contributed by atoms with Crippen LogP contribution in [0.3, 0.4) is 0 Å². The van der Waals surface area contributed by atoms with Gasteiger partial charge in [-0.15, -0.1) is 0 Å². The first-order valence-corrected chi connectivity index (χ1v) is 6.36. The van der Waals surface area contributed by atoms with Gasteiger partial charge in [0.25, 0.3) is 0 Å². The van der Waals surface area contributed by atoms with Crippen molar-refractivity contribution >= 4 is 5.97 Å². The van der Waals surface area contributed by atoms with Crippen LogP contribution in [0.4, 0.5) is 4.39 Å². The van der Waals surface area contributed by atoms with E-state index in [1.54, 1.807) is 18.2 Å². The van der Waals surface area contributed by atoms with Crippen LogP contribution in [0.2, 0.25) is 0 Å². The molecular formula is C16H16FNO2. The Kier molecular flexibility index (Phi) is 4.85. The Hall–Kier alpha value is -2.20. The zero-order chi connectivity index (χ0) is 14.4. The monoisotopic (exact) mass is 273 g/mol. The Balaban J connectivity index is 1.95. The minimum absolute atomic E-state index is 0.0592. The Morgan fingerprint density at radius 2 is 1.60 bits per heavy atom. The molecule has 0 radical (unpaired) electrons. The van der Waals surface area contributed by atoms with Gasteiger partial charge < -0.3 is 10.5 Å². The zero-order valence-corrected chi connectivity index (χ0v) is 11.0. The summed E-state index contributed by atoms with van der Waals surface area (Å²) in [4.78, 5) is 11.8. The highest BCUT2D eigenvalue weighted by molar-refractivity contribution is 5.73. The lowest BCUT2D eigenvalue weighted by Gasteiger charge is -2.08. The van der Waals surface area contributed by atoms with Crippen molar-refractivity contribution < 1.29 is 13.9 Å². The third-order valence-corrected chi connectivity index (χ3v) is 3.02. The Bertz CT molecular complexity index is 599. The molecule has 104 valence electrons. The molecule has 0 saturated heterocycles. The van der Waals surface area contributed by atoms with Gasteiger partial charge in [0.1, 0.15) is 12.4 Å². The van der Waals surface area contributed by atoms with Crippen LogP contribution in [0.5, 0.6) is 0 Å². The fourth-order valence-electron chi connectivity index (χ4n) is 1.91. The van der Waals surface area contributed by atoms with E-state index in [-0.39, 0.29) is 18.8 Å². The second-order valence-corrected chi connectivity index (χ2v) is 4.40. The molecule has 0 amide bonds. The van der Waals surface area contributed by atoms with Crippen molar-refractivity contribution in [1.82, 2.24) is 0 Å². The van der Waals surface area contributed by atoms with E-state index in [9.17, 15) is 9.18 Å². The van der Waals surface area contributed by atoms with Crippen LogP contribution >= 0.6 is 0 Å². The van der Waals surface area contributed by atoms with Crippen molar-refractivity contribution in [2.24, 2.45) is 5.73 Å². The summed E-state index contributed by atoms with van der Waals surface area (Å²) in [7, 11) is 0. The summed E-state index contributed by atoms with van der Waals surface area (Å²) in [6.07, 6.45) is 0.141. The zero-order valence-electron chi connectivity index (χ0n) is 11.0. The van der Waals surface area contributed by atoms with Gasteiger partial charge in [0, 0.05) is 12.1 Å². The Morgan fingerprint density at radius 3 is 2.25 bits per heavy atom. The van der Waals surface area contributed by atoms with Crippen LogP contribution < -0.4 is 5.73 Å². The normalized spacial score (nSPS) is 10.3. The number of carbonyl (C=O) groups excluding carboxylic acids is 1. The molecule has 2 aromatic carbocycles. The van der Waals surface area contributed by atoms with Crippen molar-refractivity contribution in [2.45, 2.75) is 19.6 Å². The maximum atomic E-state index is 13.4. The summed E-state index contributed by atoms with van der Waals surface area (Å²) in [5.41, 5.74) is 7.73. The molecule has 0 aromatic heterocycles. The third-order valence-electron chi connectivity index (χ3n) is 3.02. The molecule has 2 N–H and O–H groups in total. The number of hydrogen-bond acceptors (Lipinski definition) is 3. The van der Waals surface area contributed by atoms with Gasteiger partial charge >= 0.3 is 5.97 Å². The maximum Gasteiger partial charge on any atom is 0.310 e. The predicted octanol–water partition coefficient (Wildman–Crippen LogP) is 2.57. The third kappa shape index (κ3) is 3.65. The van der Waals surface area contributed by atoms with E-state index in [0.717, 1.165) is 11.1 Å². The number of rotatable bonds is 5. The number of esters is 1. The molecule has 0 atom stereocenters. The first-order chi connectivity index (χ1) is 9.70. The SMILES string of the molecule is NCc1ccccc1CC(=O)OCc1ccccc1F. The summed E-state index contributed by atoms with van der Waals surface area (Å²) in [5.74, 6) is -0.767. The molecule has 0 saturated carbocycles. The lowest BCUT2D eigenvalue weighted by atomic mass is 10.1. The summed E-state index contributed by atoms with van der Waals surface area (Å²) in [5, 5.41) is 0. The van der Waals surface area contributed by atoms with Crippen molar-refractivity contribution in [3.8, 4) is 0 Å². The van der Waals surface area contributed by atoms with Gasteiger partial charge in [0.15, 0.2) is 0 Å². The van der Waals surface area contributed by atoms with Gasteiger partial charge in [-0.05, 0) is 17.2 Å².